The summed E-state index contributed by atoms with van der Waals surface area (Å²) in [7, 11) is 1.94. The molecule has 264 valence electrons. The minimum absolute atomic E-state index is 0. The van der Waals surface area contributed by atoms with Gasteiger partial charge in [-0.05, 0) is 37.1 Å². The van der Waals surface area contributed by atoms with Crippen LogP contribution in [0, 0.1) is 42.8 Å². The van der Waals surface area contributed by atoms with Crippen molar-refractivity contribution in [2.75, 3.05) is 25.0 Å². The van der Waals surface area contributed by atoms with Crippen molar-refractivity contribution in [2.24, 2.45) is 0 Å². The van der Waals surface area contributed by atoms with Crippen LogP contribution in [-0.2, 0) is 42.1 Å². The van der Waals surface area contributed by atoms with E-state index in [1.807, 2.05) is 107 Å². The van der Waals surface area contributed by atoms with E-state index in [9.17, 15) is 0 Å². The number of nitrogens with zero attached hydrogens (tertiary/aromatic N) is 5. The van der Waals surface area contributed by atoms with Crippen LogP contribution in [0.4, 0.5) is 11.4 Å². The molecular formula is C44H33N5O2Pt2+2. The van der Waals surface area contributed by atoms with E-state index < -0.39 is 0 Å². The molecule has 4 aromatic carbocycles. The van der Waals surface area contributed by atoms with Gasteiger partial charge in [-0.3, -0.25) is 11.1 Å². The molecule has 1 saturated heterocycles. The van der Waals surface area contributed by atoms with Gasteiger partial charge in [0, 0.05) is 48.5 Å². The minimum Gasteiger partial charge on any atom is -0.669 e. The summed E-state index contributed by atoms with van der Waals surface area (Å²) in [6.45, 7) is 2.01. The fourth-order valence-electron chi connectivity index (χ4n) is 5.67. The molecule has 2 aromatic heterocycles. The van der Waals surface area contributed by atoms with Gasteiger partial charge in [0.2, 0.25) is 6.20 Å². The number of anilines is 1. The summed E-state index contributed by atoms with van der Waals surface area (Å²) < 4.78 is 17.7. The van der Waals surface area contributed by atoms with Crippen molar-refractivity contribution in [2.45, 2.75) is 19.3 Å². The Morgan fingerprint density at radius 3 is 2.21 bits per heavy atom. The summed E-state index contributed by atoms with van der Waals surface area (Å²) in [6.07, 6.45) is 19.2. The van der Waals surface area contributed by atoms with Crippen LogP contribution in [0.2, 0.25) is 0 Å². The number of ether oxygens (including phenoxy) is 2. The Hall–Kier alpha value is -5.23. The molecule has 0 bridgehead atoms. The van der Waals surface area contributed by atoms with Gasteiger partial charge in [0.1, 0.15) is 5.69 Å². The third-order valence-corrected chi connectivity index (χ3v) is 8.16. The minimum atomic E-state index is 0. The fraction of sp³-hybridized carbons (Fsp3) is 0.136. The van der Waals surface area contributed by atoms with Gasteiger partial charge in [0.05, 0.1) is 0 Å². The molecule has 2 aliphatic heterocycles. The topological polar surface area (TPSA) is 45.5 Å². The molecule has 0 spiro atoms. The second kappa shape index (κ2) is 19.0. The van der Waals surface area contributed by atoms with Crippen LogP contribution in [0.15, 0.2) is 122 Å². The zero-order valence-corrected chi connectivity index (χ0v) is 33.3. The molecule has 8 rings (SSSR count). The normalized spacial score (nSPS) is 12.9. The molecule has 2 aliphatic rings. The number of benzene rings is 4. The SMILES string of the molecule is C[N+]1=C=[N+](c2[c-]c(Oc3[c-]c(-c4cc(-c5[c-]c(Oc6[c-]cccc6)ccc5)[c-]cn4)cc(N4CCCCC4)c3)ccc2)C=C1.[C-]#Cn1cccc1.[Pt+2].[Pt+4]. The summed E-state index contributed by atoms with van der Waals surface area (Å²) in [6, 6.07) is 51.0. The predicted octanol–water partition coefficient (Wildman–Crippen LogP) is 8.81. The number of aromatic nitrogens is 2. The largest absolute Gasteiger partial charge is 4.00 e. The number of hydrogen-bond donors (Lipinski definition) is 0. The molecule has 0 radical (unpaired) electrons. The second-order valence-electron chi connectivity index (χ2n) is 11.9. The van der Waals surface area contributed by atoms with Crippen LogP contribution < -0.4 is 14.4 Å². The Labute approximate surface area is 340 Å². The van der Waals surface area contributed by atoms with Crippen LogP contribution in [-0.4, -0.2) is 44.8 Å². The van der Waals surface area contributed by atoms with E-state index in [1.165, 1.54) is 19.3 Å². The number of pyridine rings is 1. The van der Waals surface area contributed by atoms with Crippen LogP contribution >= 0.6 is 0 Å². The quantitative estimate of drug-likeness (QED) is 0.0870. The van der Waals surface area contributed by atoms with Gasteiger partial charge in [-0.2, -0.15) is 36.4 Å². The summed E-state index contributed by atoms with van der Waals surface area (Å²) in [4.78, 5) is 7.10. The molecule has 0 aliphatic carbocycles. The molecule has 0 unspecified atom stereocenters. The first kappa shape index (κ1) is 39.0. The van der Waals surface area contributed by atoms with E-state index in [2.05, 4.69) is 64.4 Å². The van der Waals surface area contributed by atoms with E-state index in [0.717, 1.165) is 46.8 Å². The average Bonchev–Trinajstić information content (AvgIpc) is 3.88. The molecule has 0 atom stereocenters. The molecule has 0 saturated carbocycles. The van der Waals surface area contributed by atoms with Gasteiger partial charge in [-0.15, -0.1) is 35.9 Å². The standard InChI is InChI=1S/C38H29N4O2.C6H4N.2Pt/c1-40-20-21-42(28-40)32-11-9-15-36(26-32)44-37-24-31(22-33(27-37)41-18-6-3-7-19-41)38-25-30(16-17-39-38)29-10-8-14-35(23-29)43-34-12-4-2-5-13-34;1-2-7-5-3-4-6-7;;/h2,4-5,8-12,14-15,17,20-22,25,27H,3,6-7,18-19H2,1H3;3-6H;;/q-3;-1;+2;+4. The summed E-state index contributed by atoms with van der Waals surface area (Å²) in [5, 5.41) is 0. The van der Waals surface area contributed by atoms with Crippen molar-refractivity contribution in [3.63, 3.8) is 0 Å². The zero-order valence-electron chi connectivity index (χ0n) is 28.8. The maximum absolute atomic E-state index is 6.57. The van der Waals surface area contributed by atoms with Gasteiger partial charge in [-0.25, -0.2) is 24.2 Å². The number of rotatable bonds is 8. The van der Waals surface area contributed by atoms with Gasteiger partial charge < -0.3 is 30.3 Å². The monoisotopic (exact) mass is 1050 g/mol. The first-order chi connectivity index (χ1) is 25.1. The van der Waals surface area contributed by atoms with Crippen LogP contribution in [0.5, 0.6) is 23.0 Å². The van der Waals surface area contributed by atoms with E-state index in [0.29, 0.717) is 23.0 Å². The Bertz CT molecular complexity index is 2270. The Kier molecular flexibility index (Phi) is 14.0. The van der Waals surface area contributed by atoms with Crippen molar-refractivity contribution in [1.29, 1.82) is 0 Å². The molecule has 9 heteroatoms. The van der Waals surface area contributed by atoms with Crippen molar-refractivity contribution in [1.82, 2.24) is 9.55 Å². The van der Waals surface area contributed by atoms with Crippen LogP contribution in [0.25, 0.3) is 22.4 Å². The fourth-order valence-corrected chi connectivity index (χ4v) is 5.67. The number of piperidine rings is 1. The third kappa shape index (κ3) is 10.4. The molecular weight excluding hydrogens is 1020 g/mol. The zero-order chi connectivity index (χ0) is 34.8. The van der Waals surface area contributed by atoms with E-state index >= 15 is 0 Å². The second-order valence-corrected chi connectivity index (χ2v) is 11.9. The van der Waals surface area contributed by atoms with Gasteiger partial charge in [0.15, 0.2) is 7.05 Å². The number of hydrogen-bond acceptors (Lipinski definition) is 4. The average molecular weight is 1050 g/mol. The van der Waals surface area contributed by atoms with E-state index in [1.54, 1.807) is 23.2 Å². The Morgan fingerprint density at radius 1 is 0.755 bits per heavy atom. The third-order valence-electron chi connectivity index (χ3n) is 8.16. The number of para-hydroxylation sites is 1. The molecule has 0 amide bonds. The Balaban J connectivity index is 0.000000542. The first-order valence-corrected chi connectivity index (χ1v) is 16.7. The van der Waals surface area contributed by atoms with Crippen molar-refractivity contribution >= 4 is 17.4 Å². The van der Waals surface area contributed by atoms with Gasteiger partial charge in [0.25, 0.3) is 6.20 Å². The molecule has 6 aromatic rings. The smallest absolute Gasteiger partial charge is 0.669 e. The van der Waals surface area contributed by atoms with E-state index in [-0.39, 0.29) is 42.1 Å². The maximum Gasteiger partial charge on any atom is 4.00 e. The Morgan fingerprint density at radius 2 is 1.49 bits per heavy atom. The molecule has 1 fully saturated rings. The van der Waals surface area contributed by atoms with Crippen molar-refractivity contribution in [3.8, 4) is 51.4 Å². The van der Waals surface area contributed by atoms with E-state index in [4.69, 9.17) is 15.9 Å². The van der Waals surface area contributed by atoms with Crippen molar-refractivity contribution in [3.05, 3.63) is 159 Å². The predicted molar refractivity (Wildman–Crippen MR) is 196 cm³/mol. The van der Waals surface area contributed by atoms with Gasteiger partial charge >= 0.3 is 48.1 Å². The first-order valence-electron chi connectivity index (χ1n) is 16.7. The molecule has 0 N–H and O–H groups in total. The van der Waals surface area contributed by atoms with Gasteiger partial charge in [-0.1, -0.05) is 45.3 Å². The molecule has 4 heterocycles. The molecule has 53 heavy (non-hydrogen) atoms. The molecule has 7 nitrogen and oxygen atoms in total. The summed E-state index contributed by atoms with van der Waals surface area (Å²) >= 11 is 0. The maximum atomic E-state index is 6.57. The van der Waals surface area contributed by atoms with Crippen LogP contribution in [0.1, 0.15) is 19.3 Å². The van der Waals surface area contributed by atoms with Crippen LogP contribution in [0.3, 0.4) is 0 Å². The van der Waals surface area contributed by atoms with Crippen molar-refractivity contribution < 1.29 is 60.8 Å². The summed E-state index contributed by atoms with van der Waals surface area (Å²) in [5.74, 6) is 2.45. The summed E-state index contributed by atoms with van der Waals surface area (Å²) in [5.41, 5.74) is 5.25.